The van der Waals surface area contributed by atoms with Gasteiger partial charge in [0.2, 0.25) is 11.8 Å². The molecule has 0 radical (unpaired) electrons. The van der Waals surface area contributed by atoms with E-state index < -0.39 is 10.8 Å². The molecule has 3 heterocycles. The minimum absolute atomic E-state index is 0.0695. The summed E-state index contributed by atoms with van der Waals surface area (Å²) in [5, 5.41) is 6.66. The number of methoxy groups -OCH3 is 1. The third-order valence-electron chi connectivity index (χ3n) is 4.95. The van der Waals surface area contributed by atoms with Gasteiger partial charge in [0.1, 0.15) is 0 Å². The highest BCUT2D eigenvalue weighted by atomic mass is 35.5. The molecule has 2 unspecified atom stereocenters. The van der Waals surface area contributed by atoms with Crippen LogP contribution in [0.1, 0.15) is 11.1 Å². The van der Waals surface area contributed by atoms with E-state index in [2.05, 4.69) is 10.1 Å². The third kappa shape index (κ3) is 5.21. The first kappa shape index (κ1) is 21.3. The first-order valence-electron chi connectivity index (χ1n) is 9.65. The summed E-state index contributed by atoms with van der Waals surface area (Å²) in [6.45, 7) is 0.370. The topological polar surface area (TPSA) is 77.3 Å². The Bertz CT molecular complexity index is 1130. The van der Waals surface area contributed by atoms with Crippen LogP contribution in [0.15, 0.2) is 66.5 Å². The van der Waals surface area contributed by atoms with Crippen LogP contribution in [-0.4, -0.2) is 48.7 Å². The highest BCUT2D eigenvalue weighted by Gasteiger charge is 2.27. The number of hydrogen-bond acceptors (Lipinski definition) is 5. The average molecular weight is 457 g/mol. The first-order chi connectivity index (χ1) is 15.0. The second kappa shape index (κ2) is 9.45. The molecule has 7 nitrogen and oxygen atoms in total. The van der Waals surface area contributed by atoms with Gasteiger partial charge in [0.25, 0.3) is 0 Å². The van der Waals surface area contributed by atoms with Gasteiger partial charge in [-0.1, -0.05) is 17.7 Å². The van der Waals surface area contributed by atoms with Crippen LogP contribution in [0.2, 0.25) is 5.02 Å². The van der Waals surface area contributed by atoms with E-state index >= 15 is 0 Å². The maximum atomic E-state index is 13.2. The molecule has 31 heavy (non-hydrogen) atoms. The van der Waals surface area contributed by atoms with E-state index in [1.807, 2.05) is 30.5 Å². The summed E-state index contributed by atoms with van der Waals surface area (Å²) in [6, 6.07) is 10.7. The van der Waals surface area contributed by atoms with Crippen molar-refractivity contribution in [2.24, 2.45) is 0 Å². The van der Waals surface area contributed by atoms with Crippen LogP contribution in [0.3, 0.4) is 0 Å². The number of benzene rings is 1. The van der Waals surface area contributed by atoms with Crippen LogP contribution < -0.4 is 4.74 Å². The predicted octanol–water partition coefficient (Wildman–Crippen LogP) is 3.15. The number of pyridine rings is 1. The van der Waals surface area contributed by atoms with E-state index in [9.17, 15) is 9.00 Å². The van der Waals surface area contributed by atoms with Crippen molar-refractivity contribution in [1.82, 2.24) is 19.7 Å². The summed E-state index contributed by atoms with van der Waals surface area (Å²) >= 11 is 5.95. The first-order valence-corrected chi connectivity index (χ1v) is 11.4. The number of hydrogen-bond donors (Lipinski definition) is 0. The maximum Gasteiger partial charge on any atom is 0.227 e. The molecule has 9 heteroatoms. The number of aromatic nitrogens is 3. The standard InChI is InChI=1S/C22H21ClN4O3S/c1-30-21-10-16(6-8-24-21)13-26(20-7-9-31(29)15-20)22(28)11-17-12-25-27(14-17)19-4-2-18(23)3-5-19/h2-10,12,14,20H,11,13,15H2,1H3. The molecule has 1 amide bonds. The molecule has 0 saturated heterocycles. The van der Waals surface area contributed by atoms with Crippen molar-refractivity contribution in [3.8, 4) is 11.6 Å². The molecular weight excluding hydrogens is 436 g/mol. The Balaban J connectivity index is 1.52. The summed E-state index contributed by atoms with van der Waals surface area (Å²) in [4.78, 5) is 19.1. The average Bonchev–Trinajstić information content (AvgIpc) is 3.41. The Labute approximate surface area is 187 Å². The number of carbonyl (C=O) groups is 1. The van der Waals surface area contributed by atoms with Crippen LogP contribution in [0, 0.1) is 0 Å². The molecule has 3 aromatic rings. The fourth-order valence-electron chi connectivity index (χ4n) is 3.36. The van der Waals surface area contributed by atoms with E-state index in [1.165, 1.54) is 0 Å². The van der Waals surface area contributed by atoms with Gasteiger partial charge < -0.3 is 9.64 Å². The molecule has 1 aromatic carbocycles. The van der Waals surface area contributed by atoms with Crippen molar-refractivity contribution in [3.05, 3.63) is 82.6 Å². The minimum atomic E-state index is -1.06. The molecular formula is C22H21ClN4O3S. The molecule has 1 aliphatic heterocycles. The molecule has 2 atom stereocenters. The van der Waals surface area contributed by atoms with Crippen molar-refractivity contribution in [2.75, 3.05) is 12.9 Å². The zero-order chi connectivity index (χ0) is 21.8. The maximum absolute atomic E-state index is 13.2. The molecule has 0 spiro atoms. The van der Waals surface area contributed by atoms with E-state index in [1.54, 1.807) is 52.7 Å². The monoisotopic (exact) mass is 456 g/mol. The Morgan fingerprint density at radius 3 is 2.81 bits per heavy atom. The molecule has 2 aromatic heterocycles. The number of nitrogens with zero attached hydrogens (tertiary/aromatic N) is 4. The van der Waals surface area contributed by atoms with Crippen LogP contribution in [0.4, 0.5) is 0 Å². The molecule has 0 aliphatic carbocycles. The van der Waals surface area contributed by atoms with Crippen LogP contribution in [-0.2, 0) is 28.6 Å². The summed E-state index contributed by atoms with van der Waals surface area (Å²) in [7, 11) is 0.490. The molecule has 0 saturated carbocycles. The molecule has 0 bridgehead atoms. The number of amides is 1. The Kier molecular flexibility index (Phi) is 6.48. The number of ether oxygens (including phenoxy) is 1. The van der Waals surface area contributed by atoms with E-state index in [-0.39, 0.29) is 18.4 Å². The van der Waals surface area contributed by atoms with Gasteiger partial charge in [-0.15, -0.1) is 0 Å². The van der Waals surface area contributed by atoms with E-state index in [0.717, 1.165) is 16.8 Å². The largest absolute Gasteiger partial charge is 0.481 e. The lowest BCUT2D eigenvalue weighted by Gasteiger charge is -2.27. The summed E-state index contributed by atoms with van der Waals surface area (Å²) < 4.78 is 18.8. The molecule has 4 rings (SSSR count). The fraction of sp³-hybridized carbons (Fsp3) is 0.227. The van der Waals surface area contributed by atoms with Crippen molar-refractivity contribution in [1.29, 1.82) is 0 Å². The second-order valence-electron chi connectivity index (χ2n) is 7.12. The summed E-state index contributed by atoms with van der Waals surface area (Å²) in [5.74, 6) is 0.817. The zero-order valence-electron chi connectivity index (χ0n) is 16.8. The fourth-order valence-corrected chi connectivity index (χ4v) is 4.58. The van der Waals surface area contributed by atoms with Gasteiger partial charge in [0, 0.05) is 46.2 Å². The van der Waals surface area contributed by atoms with Crippen molar-refractivity contribution >= 4 is 28.3 Å². The highest BCUT2D eigenvalue weighted by Crippen LogP contribution is 2.20. The Morgan fingerprint density at radius 2 is 2.10 bits per heavy atom. The summed E-state index contributed by atoms with van der Waals surface area (Å²) in [5.41, 5.74) is 2.54. The Morgan fingerprint density at radius 1 is 1.29 bits per heavy atom. The third-order valence-corrected chi connectivity index (χ3v) is 6.33. The molecule has 0 N–H and O–H groups in total. The van der Waals surface area contributed by atoms with Gasteiger partial charge >= 0.3 is 0 Å². The lowest BCUT2D eigenvalue weighted by Crippen LogP contribution is -2.40. The number of carbonyl (C=O) groups excluding carboxylic acids is 1. The SMILES string of the molecule is COc1cc(CN(C(=O)Cc2cnn(-c3ccc(Cl)cc3)c2)C2C=CS(=O)C2)ccn1. The van der Waals surface area contributed by atoms with Gasteiger partial charge in [0.15, 0.2) is 0 Å². The summed E-state index contributed by atoms with van der Waals surface area (Å²) in [6.07, 6.45) is 7.19. The van der Waals surface area contributed by atoms with Crippen LogP contribution >= 0.6 is 11.6 Å². The lowest BCUT2D eigenvalue weighted by atomic mass is 10.1. The Hall–Kier alpha value is -2.97. The molecule has 160 valence electrons. The van der Waals surface area contributed by atoms with E-state index in [4.69, 9.17) is 16.3 Å². The van der Waals surface area contributed by atoms with E-state index in [0.29, 0.717) is 23.2 Å². The van der Waals surface area contributed by atoms with Gasteiger partial charge in [-0.05, 0) is 41.5 Å². The predicted molar refractivity (Wildman–Crippen MR) is 120 cm³/mol. The minimum Gasteiger partial charge on any atom is -0.481 e. The lowest BCUT2D eigenvalue weighted by molar-refractivity contribution is -0.132. The zero-order valence-corrected chi connectivity index (χ0v) is 18.4. The quantitative estimate of drug-likeness (QED) is 0.545. The van der Waals surface area contributed by atoms with Crippen LogP contribution in [0.25, 0.3) is 5.69 Å². The van der Waals surface area contributed by atoms with Gasteiger partial charge in [-0.2, -0.15) is 5.10 Å². The van der Waals surface area contributed by atoms with Crippen LogP contribution in [0.5, 0.6) is 5.88 Å². The molecule has 1 aliphatic rings. The van der Waals surface area contributed by atoms with Gasteiger partial charge in [-0.3, -0.25) is 9.00 Å². The second-order valence-corrected chi connectivity index (χ2v) is 8.92. The van der Waals surface area contributed by atoms with Crippen molar-refractivity contribution in [2.45, 2.75) is 19.0 Å². The van der Waals surface area contributed by atoms with Gasteiger partial charge in [0.05, 0.1) is 37.2 Å². The highest BCUT2D eigenvalue weighted by molar-refractivity contribution is 7.88. The smallest absolute Gasteiger partial charge is 0.227 e. The normalized spacial score (nSPS) is 17.6. The number of rotatable bonds is 7. The van der Waals surface area contributed by atoms with Gasteiger partial charge in [-0.25, -0.2) is 9.67 Å². The van der Waals surface area contributed by atoms with Crippen molar-refractivity contribution < 1.29 is 13.7 Å². The number of halogens is 1. The van der Waals surface area contributed by atoms with Crippen molar-refractivity contribution in [3.63, 3.8) is 0 Å². The molecule has 0 fully saturated rings.